The molecule has 2 N–H and O–H groups in total. The molecule has 7 heteroatoms. The number of nitrogens with zero attached hydrogens (tertiary/aromatic N) is 4. The van der Waals surface area contributed by atoms with Crippen molar-refractivity contribution in [2.45, 2.75) is 13.5 Å². The van der Waals surface area contributed by atoms with Crippen molar-refractivity contribution in [3.8, 4) is 11.4 Å². The summed E-state index contributed by atoms with van der Waals surface area (Å²) >= 11 is 0. The number of nitrogen functional groups attached to an aromatic ring is 1. The average Bonchev–Trinajstić information content (AvgIpc) is 2.81. The summed E-state index contributed by atoms with van der Waals surface area (Å²) in [7, 11) is 0. The summed E-state index contributed by atoms with van der Waals surface area (Å²) in [6.45, 7) is 2.59. The first-order chi connectivity index (χ1) is 9.58. The molecule has 0 atom stereocenters. The van der Waals surface area contributed by atoms with Gasteiger partial charge in [-0.25, -0.2) is 23.7 Å². The maximum atomic E-state index is 13.3. The minimum Gasteiger partial charge on any atom is -0.382 e. The van der Waals surface area contributed by atoms with Crippen LogP contribution in [-0.2, 0) is 6.54 Å². The fraction of sp³-hybridized carbons (Fsp3) is 0.154. The van der Waals surface area contributed by atoms with Crippen LogP contribution in [0.25, 0.3) is 22.6 Å². The third-order valence-electron chi connectivity index (χ3n) is 2.95. The molecule has 0 bridgehead atoms. The number of hydrogen-bond acceptors (Lipinski definition) is 4. The van der Waals surface area contributed by atoms with Gasteiger partial charge in [-0.2, -0.15) is 0 Å². The van der Waals surface area contributed by atoms with Gasteiger partial charge in [0.15, 0.2) is 17.3 Å². The van der Waals surface area contributed by atoms with Crippen molar-refractivity contribution in [2.75, 3.05) is 5.73 Å². The summed E-state index contributed by atoms with van der Waals surface area (Å²) in [5.41, 5.74) is 7.08. The highest BCUT2D eigenvalue weighted by Crippen LogP contribution is 2.23. The normalized spacial score (nSPS) is 11.2. The maximum absolute atomic E-state index is 13.3. The van der Waals surface area contributed by atoms with Gasteiger partial charge in [0.2, 0.25) is 0 Å². The van der Waals surface area contributed by atoms with E-state index in [0.717, 1.165) is 18.2 Å². The molecular formula is C13H11F2N5. The second-order valence-corrected chi connectivity index (χ2v) is 4.29. The molecule has 20 heavy (non-hydrogen) atoms. The van der Waals surface area contributed by atoms with Gasteiger partial charge in [-0.3, -0.25) is 0 Å². The Bertz CT molecular complexity index is 777. The maximum Gasteiger partial charge on any atom is 0.166 e. The Morgan fingerprint density at radius 2 is 1.85 bits per heavy atom. The van der Waals surface area contributed by atoms with Gasteiger partial charge in [-0.1, -0.05) is 0 Å². The molecule has 0 aliphatic carbocycles. The average molecular weight is 275 g/mol. The first kappa shape index (κ1) is 12.5. The second-order valence-electron chi connectivity index (χ2n) is 4.29. The van der Waals surface area contributed by atoms with Gasteiger partial charge >= 0.3 is 0 Å². The van der Waals surface area contributed by atoms with Crippen LogP contribution in [-0.4, -0.2) is 19.5 Å². The van der Waals surface area contributed by atoms with Crippen LogP contribution in [0.15, 0.2) is 24.5 Å². The van der Waals surface area contributed by atoms with Crippen LogP contribution in [0.5, 0.6) is 0 Å². The van der Waals surface area contributed by atoms with Gasteiger partial charge in [0, 0.05) is 18.2 Å². The highest BCUT2D eigenvalue weighted by Gasteiger charge is 2.13. The summed E-state index contributed by atoms with van der Waals surface area (Å²) in [4.78, 5) is 12.5. The number of nitrogens with two attached hydrogens (primary N) is 1. The lowest BCUT2D eigenvalue weighted by molar-refractivity contribution is 0.584. The zero-order valence-electron chi connectivity index (χ0n) is 10.6. The van der Waals surface area contributed by atoms with Gasteiger partial charge in [0.1, 0.15) is 17.2 Å². The predicted molar refractivity (Wildman–Crippen MR) is 70.8 cm³/mol. The standard InChI is InChI=1S/C13H11F2N5/c1-2-20-6-17-10-11(16)18-12(19-13(10)20)7-3-8(14)5-9(15)4-7/h3-6H,2H2,1H3,(H2,16,18,19). The van der Waals surface area contributed by atoms with Gasteiger partial charge in [-0.15, -0.1) is 0 Å². The molecule has 0 unspecified atom stereocenters. The number of imidazole rings is 1. The van der Waals surface area contributed by atoms with E-state index in [1.807, 2.05) is 6.92 Å². The Labute approximate surface area is 113 Å². The molecule has 0 aliphatic heterocycles. The van der Waals surface area contributed by atoms with Crippen molar-refractivity contribution in [1.82, 2.24) is 19.5 Å². The summed E-state index contributed by atoms with van der Waals surface area (Å²) in [5, 5.41) is 0. The minimum absolute atomic E-state index is 0.170. The monoisotopic (exact) mass is 275 g/mol. The predicted octanol–water partition coefficient (Wildman–Crippen LogP) is 2.37. The quantitative estimate of drug-likeness (QED) is 0.779. The Morgan fingerprint density at radius 1 is 1.15 bits per heavy atom. The zero-order chi connectivity index (χ0) is 14.3. The molecule has 0 saturated carbocycles. The molecule has 0 amide bonds. The molecule has 0 spiro atoms. The SMILES string of the molecule is CCn1cnc2c(N)nc(-c3cc(F)cc(F)c3)nc21. The van der Waals surface area contributed by atoms with E-state index in [4.69, 9.17) is 5.73 Å². The molecule has 2 heterocycles. The van der Waals surface area contributed by atoms with Crippen molar-refractivity contribution in [3.63, 3.8) is 0 Å². The molecule has 5 nitrogen and oxygen atoms in total. The lowest BCUT2D eigenvalue weighted by Crippen LogP contribution is -2.01. The highest BCUT2D eigenvalue weighted by molar-refractivity contribution is 5.83. The Morgan fingerprint density at radius 3 is 2.50 bits per heavy atom. The molecular weight excluding hydrogens is 264 g/mol. The van der Waals surface area contributed by atoms with Gasteiger partial charge in [0.25, 0.3) is 0 Å². The number of rotatable bonds is 2. The molecule has 3 aromatic rings. The zero-order valence-corrected chi connectivity index (χ0v) is 10.6. The Balaban J connectivity index is 2.25. The third kappa shape index (κ3) is 1.97. The molecule has 2 aromatic heterocycles. The fourth-order valence-electron chi connectivity index (χ4n) is 2.01. The molecule has 0 fully saturated rings. The van der Waals surface area contributed by atoms with Crippen LogP contribution in [0.1, 0.15) is 6.92 Å². The molecule has 0 aliphatic rings. The summed E-state index contributed by atoms with van der Waals surface area (Å²) in [6.07, 6.45) is 1.60. The number of aryl methyl sites for hydroxylation is 1. The first-order valence-electron chi connectivity index (χ1n) is 6.03. The van der Waals surface area contributed by atoms with Crippen molar-refractivity contribution in [1.29, 1.82) is 0 Å². The minimum atomic E-state index is -0.689. The molecule has 3 rings (SSSR count). The van der Waals surface area contributed by atoms with E-state index in [1.54, 1.807) is 10.9 Å². The van der Waals surface area contributed by atoms with E-state index in [1.165, 1.54) is 0 Å². The van der Waals surface area contributed by atoms with Crippen LogP contribution >= 0.6 is 0 Å². The molecule has 0 radical (unpaired) electrons. The van der Waals surface area contributed by atoms with Crippen LogP contribution in [0.3, 0.4) is 0 Å². The van der Waals surface area contributed by atoms with Crippen molar-refractivity contribution in [3.05, 3.63) is 36.2 Å². The molecule has 102 valence electrons. The third-order valence-corrected chi connectivity index (χ3v) is 2.95. The van der Waals surface area contributed by atoms with Crippen LogP contribution < -0.4 is 5.73 Å². The summed E-state index contributed by atoms with van der Waals surface area (Å²) < 4.78 is 28.3. The van der Waals surface area contributed by atoms with E-state index < -0.39 is 11.6 Å². The van der Waals surface area contributed by atoms with E-state index >= 15 is 0 Å². The first-order valence-corrected chi connectivity index (χ1v) is 6.03. The number of aromatic nitrogens is 4. The highest BCUT2D eigenvalue weighted by atomic mass is 19.1. The number of halogens is 2. The number of anilines is 1. The summed E-state index contributed by atoms with van der Waals surface area (Å²) in [6, 6.07) is 3.12. The van der Waals surface area contributed by atoms with Crippen LogP contribution in [0.4, 0.5) is 14.6 Å². The topological polar surface area (TPSA) is 69.6 Å². The summed E-state index contributed by atoms with van der Waals surface area (Å²) in [5.74, 6) is -1.02. The lowest BCUT2D eigenvalue weighted by atomic mass is 10.2. The van der Waals surface area contributed by atoms with E-state index in [-0.39, 0.29) is 17.2 Å². The molecule has 0 saturated heterocycles. The van der Waals surface area contributed by atoms with Crippen LogP contribution in [0.2, 0.25) is 0 Å². The lowest BCUT2D eigenvalue weighted by Gasteiger charge is -2.04. The number of benzene rings is 1. The van der Waals surface area contributed by atoms with E-state index in [9.17, 15) is 8.78 Å². The Kier molecular flexibility index (Phi) is 2.81. The smallest absolute Gasteiger partial charge is 0.166 e. The fourth-order valence-corrected chi connectivity index (χ4v) is 2.01. The Hall–Kier alpha value is -2.57. The van der Waals surface area contributed by atoms with Crippen LogP contribution in [0, 0.1) is 11.6 Å². The van der Waals surface area contributed by atoms with Crippen molar-refractivity contribution < 1.29 is 8.78 Å². The number of fused-ring (bicyclic) bond motifs is 1. The van der Waals surface area contributed by atoms with E-state index in [2.05, 4.69) is 15.0 Å². The second kappa shape index (κ2) is 4.52. The van der Waals surface area contributed by atoms with Crippen molar-refractivity contribution in [2.24, 2.45) is 0 Å². The van der Waals surface area contributed by atoms with Gasteiger partial charge in [-0.05, 0) is 19.1 Å². The molecule has 1 aromatic carbocycles. The number of hydrogen-bond donors (Lipinski definition) is 1. The van der Waals surface area contributed by atoms with E-state index in [0.29, 0.717) is 17.7 Å². The largest absolute Gasteiger partial charge is 0.382 e. The van der Waals surface area contributed by atoms with Gasteiger partial charge in [0.05, 0.1) is 6.33 Å². The van der Waals surface area contributed by atoms with Crippen molar-refractivity contribution >= 4 is 17.0 Å². The van der Waals surface area contributed by atoms with Gasteiger partial charge < -0.3 is 10.3 Å².